The highest BCUT2D eigenvalue weighted by atomic mass is 16.2. The normalized spacial score (nSPS) is 29.5. The van der Waals surface area contributed by atoms with Gasteiger partial charge in [-0.3, -0.25) is 4.79 Å². The van der Waals surface area contributed by atoms with Crippen LogP contribution in [0.15, 0.2) is 12.1 Å². The summed E-state index contributed by atoms with van der Waals surface area (Å²) in [5, 5.41) is 12.0. The number of likely N-dealkylation sites (tertiary alicyclic amines) is 1. The van der Waals surface area contributed by atoms with Gasteiger partial charge in [-0.15, -0.1) is 5.10 Å². The molecule has 1 amide bonds. The molecule has 6 heteroatoms. The van der Waals surface area contributed by atoms with E-state index in [0.717, 1.165) is 57.0 Å². The number of rotatable bonds is 3. The van der Waals surface area contributed by atoms with Crippen molar-refractivity contribution in [1.29, 1.82) is 0 Å². The minimum atomic E-state index is -0.112. The lowest BCUT2D eigenvalue weighted by Crippen LogP contribution is -2.53. The van der Waals surface area contributed by atoms with Crippen molar-refractivity contribution in [3.05, 3.63) is 17.8 Å². The number of carbonyl (C=O) groups is 1. The molecule has 6 nitrogen and oxygen atoms in total. The smallest absolute Gasteiger partial charge is 0.230 e. The molecule has 2 aliphatic heterocycles. The van der Waals surface area contributed by atoms with Crippen LogP contribution in [-0.4, -0.2) is 60.3 Å². The van der Waals surface area contributed by atoms with E-state index in [0.29, 0.717) is 17.9 Å². The number of nitrogens with zero attached hydrogens (tertiary/aromatic N) is 4. The fraction of sp³-hybridized carbons (Fsp3) is 0.750. The van der Waals surface area contributed by atoms with Gasteiger partial charge in [0.2, 0.25) is 5.91 Å². The largest absolute Gasteiger partial charge is 0.355 e. The summed E-state index contributed by atoms with van der Waals surface area (Å²) in [5.74, 6) is 1.89. The van der Waals surface area contributed by atoms with Gasteiger partial charge in [0.1, 0.15) is 0 Å². The first-order valence-electron chi connectivity index (χ1n) is 10.1. The lowest BCUT2D eigenvalue weighted by atomic mass is 9.67. The van der Waals surface area contributed by atoms with E-state index in [-0.39, 0.29) is 5.41 Å². The summed E-state index contributed by atoms with van der Waals surface area (Å²) in [7, 11) is 2.10. The fourth-order valence-corrected chi connectivity index (χ4v) is 5.21. The van der Waals surface area contributed by atoms with E-state index in [1.54, 1.807) is 0 Å². The topological polar surface area (TPSA) is 61.4 Å². The average Bonchev–Trinajstić information content (AvgIpc) is 3.13. The van der Waals surface area contributed by atoms with Crippen LogP contribution in [0.25, 0.3) is 0 Å². The number of aryl methyl sites for hydroxylation is 1. The van der Waals surface area contributed by atoms with Crippen molar-refractivity contribution >= 4 is 11.7 Å². The van der Waals surface area contributed by atoms with Gasteiger partial charge in [-0.2, -0.15) is 5.10 Å². The zero-order valence-electron chi connectivity index (χ0n) is 16.1. The van der Waals surface area contributed by atoms with E-state index in [1.165, 1.54) is 19.3 Å². The van der Waals surface area contributed by atoms with Gasteiger partial charge in [0.15, 0.2) is 5.82 Å². The standard InChI is InChI=1S/C20H31N5O/c1-15-6-7-18(23-22-15)24(2)17-8-11-25(12-9-17)19(26)20-10-4-3-5-16(20)13-21-14-20/h6-7,16-17,21H,3-5,8-14H2,1-2H3/t16-,20+/m0/s1. The Morgan fingerprint density at radius 1 is 1.23 bits per heavy atom. The van der Waals surface area contributed by atoms with Gasteiger partial charge in [-0.25, -0.2) is 0 Å². The molecule has 0 bridgehead atoms. The van der Waals surface area contributed by atoms with Gasteiger partial charge in [0.05, 0.1) is 11.1 Å². The van der Waals surface area contributed by atoms with Crippen LogP contribution in [0.5, 0.6) is 0 Å². The number of nitrogens with one attached hydrogen (secondary N) is 1. The van der Waals surface area contributed by atoms with Crippen molar-refractivity contribution < 1.29 is 4.79 Å². The lowest BCUT2D eigenvalue weighted by molar-refractivity contribution is -0.146. The first kappa shape index (κ1) is 17.7. The number of amides is 1. The van der Waals surface area contributed by atoms with Crippen molar-refractivity contribution in [2.45, 2.75) is 51.5 Å². The summed E-state index contributed by atoms with van der Waals surface area (Å²) in [4.78, 5) is 17.8. The molecule has 142 valence electrons. The van der Waals surface area contributed by atoms with Crippen molar-refractivity contribution in [3.63, 3.8) is 0 Å². The third-order valence-corrected chi connectivity index (χ3v) is 6.91. The zero-order valence-corrected chi connectivity index (χ0v) is 16.1. The monoisotopic (exact) mass is 357 g/mol. The molecule has 0 aromatic carbocycles. The minimum absolute atomic E-state index is 0.112. The second-order valence-corrected chi connectivity index (χ2v) is 8.40. The Kier molecular flexibility index (Phi) is 4.86. The zero-order chi connectivity index (χ0) is 18.1. The van der Waals surface area contributed by atoms with Crippen LogP contribution in [0.2, 0.25) is 0 Å². The van der Waals surface area contributed by atoms with Crippen molar-refractivity contribution in [3.8, 4) is 0 Å². The molecular weight excluding hydrogens is 326 g/mol. The summed E-state index contributed by atoms with van der Waals surface area (Å²) >= 11 is 0. The van der Waals surface area contributed by atoms with Crippen molar-refractivity contribution in [2.75, 3.05) is 38.1 Å². The van der Waals surface area contributed by atoms with Crippen molar-refractivity contribution in [2.24, 2.45) is 11.3 Å². The molecule has 1 saturated carbocycles. The quantitative estimate of drug-likeness (QED) is 0.896. The van der Waals surface area contributed by atoms with Crippen LogP contribution >= 0.6 is 0 Å². The highest BCUT2D eigenvalue weighted by molar-refractivity contribution is 5.84. The number of anilines is 1. The molecule has 1 N–H and O–H groups in total. The Morgan fingerprint density at radius 3 is 2.77 bits per heavy atom. The molecule has 26 heavy (non-hydrogen) atoms. The molecular formula is C20H31N5O. The number of aromatic nitrogens is 2. The van der Waals surface area contributed by atoms with E-state index < -0.39 is 0 Å². The second-order valence-electron chi connectivity index (χ2n) is 8.40. The lowest BCUT2D eigenvalue weighted by Gasteiger charge is -2.44. The molecule has 1 aromatic heterocycles. The molecule has 1 aliphatic carbocycles. The average molecular weight is 358 g/mol. The van der Waals surface area contributed by atoms with Gasteiger partial charge in [-0.1, -0.05) is 12.8 Å². The summed E-state index contributed by atoms with van der Waals surface area (Å²) in [5.41, 5.74) is 0.827. The maximum Gasteiger partial charge on any atom is 0.230 e. The fourth-order valence-electron chi connectivity index (χ4n) is 5.21. The molecule has 1 aromatic rings. The highest BCUT2D eigenvalue weighted by Crippen LogP contribution is 2.45. The molecule has 0 spiro atoms. The number of carbonyl (C=O) groups excluding carboxylic acids is 1. The molecule has 2 atom stereocenters. The van der Waals surface area contributed by atoms with Crippen LogP contribution in [0.3, 0.4) is 0 Å². The molecule has 3 aliphatic rings. The van der Waals surface area contributed by atoms with Crippen molar-refractivity contribution in [1.82, 2.24) is 20.4 Å². The van der Waals surface area contributed by atoms with E-state index in [2.05, 4.69) is 32.4 Å². The van der Waals surface area contributed by atoms with Crippen LogP contribution in [0.1, 0.15) is 44.2 Å². The summed E-state index contributed by atoms with van der Waals surface area (Å²) in [6.07, 6.45) is 6.78. The predicted molar refractivity (Wildman–Crippen MR) is 102 cm³/mol. The van der Waals surface area contributed by atoms with E-state index in [4.69, 9.17) is 0 Å². The van der Waals surface area contributed by atoms with E-state index >= 15 is 0 Å². The highest BCUT2D eigenvalue weighted by Gasteiger charge is 2.51. The number of fused-ring (bicyclic) bond motifs is 1. The van der Waals surface area contributed by atoms with Gasteiger partial charge >= 0.3 is 0 Å². The second kappa shape index (κ2) is 7.14. The minimum Gasteiger partial charge on any atom is -0.355 e. The first-order chi connectivity index (χ1) is 12.6. The van der Waals surface area contributed by atoms with Gasteiger partial charge in [-0.05, 0) is 57.2 Å². The molecule has 2 saturated heterocycles. The third-order valence-electron chi connectivity index (χ3n) is 6.91. The Bertz CT molecular complexity index is 640. The Labute approximate surface area is 156 Å². The Morgan fingerprint density at radius 2 is 2.04 bits per heavy atom. The van der Waals surface area contributed by atoms with E-state index in [9.17, 15) is 4.79 Å². The van der Waals surface area contributed by atoms with Crippen LogP contribution < -0.4 is 10.2 Å². The molecule has 3 fully saturated rings. The maximum absolute atomic E-state index is 13.4. The number of piperidine rings is 1. The van der Waals surface area contributed by atoms with Crippen LogP contribution in [0.4, 0.5) is 5.82 Å². The summed E-state index contributed by atoms with van der Waals surface area (Å²) in [6, 6.07) is 4.47. The van der Waals surface area contributed by atoms with Gasteiger partial charge in [0.25, 0.3) is 0 Å². The Balaban J connectivity index is 1.38. The Hall–Kier alpha value is -1.69. The van der Waals surface area contributed by atoms with Crippen LogP contribution in [-0.2, 0) is 4.79 Å². The SMILES string of the molecule is Cc1ccc(N(C)C2CCN(C(=O)[C@@]34CCCC[C@H]3CNC4)CC2)nn1. The maximum atomic E-state index is 13.4. The summed E-state index contributed by atoms with van der Waals surface area (Å²) < 4.78 is 0. The molecule has 0 unspecified atom stereocenters. The first-order valence-corrected chi connectivity index (χ1v) is 10.1. The van der Waals surface area contributed by atoms with Crippen LogP contribution in [0, 0.1) is 18.3 Å². The number of hydrogen-bond donors (Lipinski definition) is 1. The predicted octanol–water partition coefficient (Wildman–Crippen LogP) is 1.99. The van der Waals surface area contributed by atoms with Gasteiger partial charge in [0, 0.05) is 32.7 Å². The molecule has 0 radical (unpaired) electrons. The summed E-state index contributed by atoms with van der Waals surface area (Å²) in [6.45, 7) is 5.59. The molecule has 4 rings (SSSR count). The van der Waals surface area contributed by atoms with E-state index in [1.807, 2.05) is 19.1 Å². The molecule has 3 heterocycles. The number of hydrogen-bond acceptors (Lipinski definition) is 5. The van der Waals surface area contributed by atoms with Gasteiger partial charge < -0.3 is 15.1 Å². The third kappa shape index (κ3) is 3.08.